The highest BCUT2D eigenvalue weighted by Gasteiger charge is 2.30. The lowest BCUT2D eigenvalue weighted by molar-refractivity contribution is 0.0743. The molecule has 0 bridgehead atoms. The molecule has 0 N–H and O–H groups in total. The Bertz CT molecular complexity index is 497. The average molecular weight is 287 g/mol. The molecular weight excluding hydrogens is 262 g/mol. The summed E-state index contributed by atoms with van der Waals surface area (Å²) in [7, 11) is 4.03. The summed E-state index contributed by atoms with van der Waals surface area (Å²) in [5.74, 6) is 0.189. The molecule has 2 fully saturated rings. The summed E-state index contributed by atoms with van der Waals surface area (Å²) >= 11 is 0. The summed E-state index contributed by atoms with van der Waals surface area (Å²) in [4.78, 5) is 19.4. The van der Waals surface area contributed by atoms with E-state index in [1.165, 1.54) is 19.4 Å². The van der Waals surface area contributed by atoms with Crippen LogP contribution in [0, 0.1) is 0 Å². The van der Waals surface area contributed by atoms with E-state index in [-0.39, 0.29) is 5.91 Å². The average Bonchev–Trinajstić information content (AvgIpc) is 2.83. The predicted molar refractivity (Wildman–Crippen MR) is 85.9 cm³/mol. The zero-order chi connectivity index (χ0) is 14.8. The Morgan fingerprint density at radius 3 is 2.52 bits per heavy atom. The largest absolute Gasteiger partial charge is 0.378 e. The Balaban J connectivity index is 1.71. The van der Waals surface area contributed by atoms with E-state index < -0.39 is 0 Å². The van der Waals surface area contributed by atoms with Crippen molar-refractivity contribution < 1.29 is 4.79 Å². The van der Waals surface area contributed by atoms with Crippen molar-refractivity contribution in [2.45, 2.75) is 25.3 Å². The van der Waals surface area contributed by atoms with Crippen molar-refractivity contribution in [1.82, 2.24) is 9.80 Å². The van der Waals surface area contributed by atoms with Gasteiger partial charge in [-0.15, -0.1) is 0 Å². The van der Waals surface area contributed by atoms with Crippen LogP contribution >= 0.6 is 0 Å². The number of nitrogens with zero attached hydrogens (tertiary/aromatic N) is 3. The molecule has 0 radical (unpaired) electrons. The molecule has 1 aromatic rings. The van der Waals surface area contributed by atoms with Crippen molar-refractivity contribution in [1.29, 1.82) is 0 Å². The summed E-state index contributed by atoms with van der Waals surface area (Å²) in [6.07, 6.45) is 3.62. The van der Waals surface area contributed by atoms with Gasteiger partial charge in [-0.05, 0) is 50.1 Å². The van der Waals surface area contributed by atoms with Gasteiger partial charge in [-0.2, -0.15) is 0 Å². The van der Waals surface area contributed by atoms with Crippen LogP contribution in [-0.2, 0) is 0 Å². The van der Waals surface area contributed by atoms with Crippen LogP contribution in [0.4, 0.5) is 5.69 Å². The fraction of sp³-hybridized carbons (Fsp3) is 0.588. The third-order valence-corrected chi connectivity index (χ3v) is 4.72. The molecule has 114 valence electrons. The van der Waals surface area contributed by atoms with Crippen molar-refractivity contribution in [2.24, 2.45) is 0 Å². The van der Waals surface area contributed by atoms with Gasteiger partial charge >= 0.3 is 0 Å². The Hall–Kier alpha value is -1.55. The fourth-order valence-electron chi connectivity index (χ4n) is 3.48. The number of anilines is 1. The SMILES string of the molecule is CN(C)c1ccc(C(=O)N2CCCN3CCCC3C2)cc1. The zero-order valence-corrected chi connectivity index (χ0v) is 13.1. The van der Waals surface area contributed by atoms with Gasteiger partial charge in [0, 0.05) is 51.0 Å². The molecule has 1 amide bonds. The van der Waals surface area contributed by atoms with E-state index in [1.807, 2.05) is 38.4 Å². The van der Waals surface area contributed by atoms with Crippen molar-refractivity contribution in [3.8, 4) is 0 Å². The molecule has 0 aliphatic carbocycles. The minimum atomic E-state index is 0.189. The van der Waals surface area contributed by atoms with Crippen LogP contribution in [0.15, 0.2) is 24.3 Å². The topological polar surface area (TPSA) is 26.8 Å². The fourth-order valence-corrected chi connectivity index (χ4v) is 3.48. The first-order chi connectivity index (χ1) is 10.1. The van der Waals surface area contributed by atoms with Gasteiger partial charge in [-0.1, -0.05) is 0 Å². The number of carbonyl (C=O) groups excluding carboxylic acids is 1. The highest BCUT2D eigenvalue weighted by molar-refractivity contribution is 5.94. The predicted octanol–water partition coefficient (Wildman–Crippen LogP) is 2.06. The summed E-state index contributed by atoms with van der Waals surface area (Å²) in [6, 6.07) is 8.53. The molecule has 21 heavy (non-hydrogen) atoms. The minimum Gasteiger partial charge on any atom is -0.378 e. The molecule has 1 aromatic carbocycles. The normalized spacial score (nSPS) is 22.8. The number of amides is 1. The second kappa shape index (κ2) is 6.06. The van der Waals surface area contributed by atoms with Gasteiger partial charge in [-0.25, -0.2) is 0 Å². The van der Waals surface area contributed by atoms with Gasteiger partial charge in [0.25, 0.3) is 5.91 Å². The van der Waals surface area contributed by atoms with E-state index in [0.29, 0.717) is 6.04 Å². The minimum absolute atomic E-state index is 0.189. The maximum absolute atomic E-state index is 12.7. The molecule has 2 heterocycles. The third-order valence-electron chi connectivity index (χ3n) is 4.72. The number of carbonyl (C=O) groups is 1. The molecule has 1 atom stereocenters. The van der Waals surface area contributed by atoms with E-state index in [1.54, 1.807) is 0 Å². The molecule has 1 unspecified atom stereocenters. The molecule has 0 aromatic heterocycles. The Kier molecular flexibility index (Phi) is 4.15. The number of hydrogen-bond donors (Lipinski definition) is 0. The lowest BCUT2D eigenvalue weighted by atomic mass is 10.1. The number of rotatable bonds is 2. The van der Waals surface area contributed by atoms with Gasteiger partial charge in [-0.3, -0.25) is 9.69 Å². The number of benzene rings is 1. The second-order valence-electron chi connectivity index (χ2n) is 6.38. The van der Waals surface area contributed by atoms with Crippen LogP contribution in [0.3, 0.4) is 0 Å². The Labute approximate surface area is 127 Å². The summed E-state index contributed by atoms with van der Waals surface area (Å²) in [5, 5.41) is 0. The van der Waals surface area contributed by atoms with Gasteiger partial charge < -0.3 is 9.80 Å². The lowest BCUT2D eigenvalue weighted by Gasteiger charge is -2.26. The molecule has 2 saturated heterocycles. The first-order valence-corrected chi connectivity index (χ1v) is 7.96. The molecule has 4 heteroatoms. The van der Waals surface area contributed by atoms with Crippen molar-refractivity contribution in [3.05, 3.63) is 29.8 Å². The van der Waals surface area contributed by atoms with Crippen LogP contribution in [-0.4, -0.2) is 62.0 Å². The summed E-state index contributed by atoms with van der Waals surface area (Å²) < 4.78 is 0. The molecular formula is C17H25N3O. The van der Waals surface area contributed by atoms with Crippen LogP contribution in [0.2, 0.25) is 0 Å². The van der Waals surface area contributed by atoms with E-state index in [4.69, 9.17) is 0 Å². The van der Waals surface area contributed by atoms with E-state index in [9.17, 15) is 4.79 Å². The maximum atomic E-state index is 12.7. The van der Waals surface area contributed by atoms with Gasteiger partial charge in [0.1, 0.15) is 0 Å². The Morgan fingerprint density at radius 2 is 1.81 bits per heavy atom. The standard InChI is InChI=1S/C17H25N3O/c1-18(2)15-8-6-14(7-9-15)17(21)20-12-4-11-19-10-3-5-16(19)13-20/h6-9,16H,3-5,10-13H2,1-2H3. The highest BCUT2D eigenvalue weighted by atomic mass is 16.2. The molecule has 0 spiro atoms. The Morgan fingerprint density at radius 1 is 1.10 bits per heavy atom. The van der Waals surface area contributed by atoms with Crippen LogP contribution in [0.25, 0.3) is 0 Å². The summed E-state index contributed by atoms with van der Waals surface area (Å²) in [6.45, 7) is 4.15. The first kappa shape index (κ1) is 14.4. The van der Waals surface area contributed by atoms with E-state index in [0.717, 1.165) is 37.3 Å². The first-order valence-electron chi connectivity index (χ1n) is 7.96. The molecule has 2 aliphatic rings. The lowest BCUT2D eigenvalue weighted by Crippen LogP contribution is -2.39. The number of fused-ring (bicyclic) bond motifs is 1. The monoisotopic (exact) mass is 287 g/mol. The van der Waals surface area contributed by atoms with E-state index in [2.05, 4.69) is 14.7 Å². The van der Waals surface area contributed by atoms with E-state index >= 15 is 0 Å². The van der Waals surface area contributed by atoms with Gasteiger partial charge in [0.05, 0.1) is 0 Å². The second-order valence-corrected chi connectivity index (χ2v) is 6.38. The van der Waals surface area contributed by atoms with Crippen LogP contribution in [0.5, 0.6) is 0 Å². The highest BCUT2D eigenvalue weighted by Crippen LogP contribution is 2.22. The van der Waals surface area contributed by atoms with Gasteiger partial charge in [0.15, 0.2) is 0 Å². The molecule has 0 saturated carbocycles. The molecule has 2 aliphatic heterocycles. The smallest absolute Gasteiger partial charge is 0.253 e. The summed E-state index contributed by atoms with van der Waals surface area (Å²) in [5.41, 5.74) is 1.94. The zero-order valence-electron chi connectivity index (χ0n) is 13.1. The van der Waals surface area contributed by atoms with Crippen molar-refractivity contribution >= 4 is 11.6 Å². The van der Waals surface area contributed by atoms with Crippen LogP contribution in [0.1, 0.15) is 29.6 Å². The van der Waals surface area contributed by atoms with Crippen molar-refractivity contribution in [2.75, 3.05) is 45.2 Å². The molecule has 3 rings (SSSR count). The van der Waals surface area contributed by atoms with Crippen molar-refractivity contribution in [3.63, 3.8) is 0 Å². The van der Waals surface area contributed by atoms with Gasteiger partial charge in [0.2, 0.25) is 0 Å². The quantitative estimate of drug-likeness (QED) is 0.833. The maximum Gasteiger partial charge on any atom is 0.253 e. The van der Waals surface area contributed by atoms with Crippen LogP contribution < -0.4 is 4.90 Å². The third kappa shape index (κ3) is 3.05. The molecule has 4 nitrogen and oxygen atoms in total. The number of hydrogen-bond acceptors (Lipinski definition) is 3.